The van der Waals surface area contributed by atoms with Crippen molar-refractivity contribution in [1.82, 2.24) is 0 Å². The van der Waals surface area contributed by atoms with Gasteiger partial charge >= 0.3 is 0 Å². The van der Waals surface area contributed by atoms with Crippen LogP contribution in [0.3, 0.4) is 0 Å². The molecule has 0 unspecified atom stereocenters. The van der Waals surface area contributed by atoms with Gasteiger partial charge in [-0.25, -0.2) is 4.58 Å². The van der Waals surface area contributed by atoms with E-state index in [4.69, 9.17) is 0 Å². The van der Waals surface area contributed by atoms with Gasteiger partial charge in [0.15, 0.2) is 0 Å². The third kappa shape index (κ3) is 3.10. The normalized spacial score (nSPS) is 10.2. The van der Waals surface area contributed by atoms with Crippen LogP contribution in [0.5, 0.6) is 0 Å². The molecule has 0 N–H and O–H groups in total. The van der Waals surface area contributed by atoms with Gasteiger partial charge in [0.25, 0.3) is 0 Å². The lowest BCUT2D eigenvalue weighted by molar-refractivity contribution is -0.462. The number of hydrogen-bond donors (Lipinski definition) is 0. The first-order chi connectivity index (χ1) is 7.06. The highest BCUT2D eigenvalue weighted by molar-refractivity contribution is 8.13. The van der Waals surface area contributed by atoms with Crippen molar-refractivity contribution in [3.63, 3.8) is 0 Å². The molecule has 1 rings (SSSR count). The van der Waals surface area contributed by atoms with Gasteiger partial charge in [0.1, 0.15) is 14.1 Å². The van der Waals surface area contributed by atoms with Gasteiger partial charge in [-0.05, 0) is 36.7 Å². The number of aryl methyl sites for hydroxylation is 2. The predicted octanol–water partition coefficient (Wildman–Crippen LogP) is 3.48. The number of nitrogens with zero attached hydrogens (tertiary/aromatic N) is 1. The number of thioether (sulfide) groups is 1. The Morgan fingerprint density at radius 3 is 2.13 bits per heavy atom. The highest BCUT2D eigenvalue weighted by Gasteiger charge is 2.11. The van der Waals surface area contributed by atoms with Crippen LogP contribution < -0.4 is 0 Å². The molecule has 1 aromatic carbocycles. The van der Waals surface area contributed by atoms with Crippen molar-refractivity contribution in [2.45, 2.75) is 32.1 Å². The molecule has 0 atom stereocenters. The van der Waals surface area contributed by atoms with Crippen LogP contribution in [0.25, 0.3) is 0 Å². The van der Waals surface area contributed by atoms with E-state index in [2.05, 4.69) is 57.6 Å². The first-order valence-electron chi connectivity index (χ1n) is 5.33. The van der Waals surface area contributed by atoms with Crippen LogP contribution in [-0.2, 0) is 0 Å². The van der Waals surface area contributed by atoms with Crippen LogP contribution in [0.1, 0.15) is 24.5 Å². The average molecular weight is 222 g/mol. The molecule has 0 radical (unpaired) electrons. The van der Waals surface area contributed by atoms with Gasteiger partial charge in [-0.2, -0.15) is 0 Å². The summed E-state index contributed by atoms with van der Waals surface area (Å²) >= 11 is 1.89. The van der Waals surface area contributed by atoms with Gasteiger partial charge < -0.3 is 0 Å². The minimum Gasteiger partial charge on any atom is -0.233 e. The molecule has 1 aromatic rings. The molecule has 0 aliphatic carbocycles. The zero-order valence-electron chi connectivity index (χ0n) is 10.3. The van der Waals surface area contributed by atoms with Crippen LogP contribution in [0.4, 0.5) is 0 Å². The summed E-state index contributed by atoms with van der Waals surface area (Å²) in [4.78, 5) is 1.41. The number of benzene rings is 1. The fraction of sp³-hybridized carbons (Fsp3) is 0.462. The molecular formula is C13H20NS+. The lowest BCUT2D eigenvalue weighted by Crippen LogP contribution is -2.08. The van der Waals surface area contributed by atoms with Crippen molar-refractivity contribution >= 4 is 16.8 Å². The lowest BCUT2D eigenvalue weighted by Gasteiger charge is -2.08. The van der Waals surface area contributed by atoms with Gasteiger partial charge in [0, 0.05) is 11.3 Å². The molecule has 0 bridgehead atoms. The van der Waals surface area contributed by atoms with Gasteiger partial charge in [-0.1, -0.05) is 25.1 Å². The second-order valence-electron chi connectivity index (χ2n) is 3.96. The Hall–Kier alpha value is -0.760. The summed E-state index contributed by atoms with van der Waals surface area (Å²) in [6.45, 7) is 6.56. The maximum atomic E-state index is 2.20. The summed E-state index contributed by atoms with van der Waals surface area (Å²) in [6.07, 6.45) is 1.09. The van der Waals surface area contributed by atoms with Crippen LogP contribution >= 0.6 is 11.8 Å². The summed E-state index contributed by atoms with van der Waals surface area (Å²) < 4.78 is 2.20. The fourth-order valence-corrected chi connectivity index (χ4v) is 2.58. The molecule has 0 saturated carbocycles. The molecule has 15 heavy (non-hydrogen) atoms. The van der Waals surface area contributed by atoms with E-state index >= 15 is 0 Å². The SMILES string of the molecule is CCC(Sc1c(C)cccc1C)=[N+](C)C. The second-order valence-corrected chi connectivity index (χ2v) is 5.05. The summed E-state index contributed by atoms with van der Waals surface area (Å²) in [5.41, 5.74) is 2.74. The van der Waals surface area contributed by atoms with E-state index in [0.717, 1.165) is 6.42 Å². The lowest BCUT2D eigenvalue weighted by atomic mass is 10.2. The quantitative estimate of drug-likeness (QED) is 0.320. The molecule has 0 saturated heterocycles. The van der Waals surface area contributed by atoms with Crippen molar-refractivity contribution in [3.8, 4) is 0 Å². The molecule has 0 aromatic heterocycles. The highest BCUT2D eigenvalue weighted by Crippen LogP contribution is 2.27. The van der Waals surface area contributed by atoms with Crippen molar-refractivity contribution in [3.05, 3.63) is 29.3 Å². The molecule has 0 spiro atoms. The molecule has 0 fully saturated rings. The molecule has 0 heterocycles. The van der Waals surface area contributed by atoms with Gasteiger partial charge in [-0.15, -0.1) is 0 Å². The molecule has 0 aliphatic heterocycles. The van der Waals surface area contributed by atoms with Crippen molar-refractivity contribution < 1.29 is 4.58 Å². The van der Waals surface area contributed by atoms with Gasteiger partial charge in [0.2, 0.25) is 5.04 Å². The minimum atomic E-state index is 1.09. The molecule has 0 amide bonds. The topological polar surface area (TPSA) is 3.01 Å². The van der Waals surface area contributed by atoms with Crippen molar-refractivity contribution in [2.75, 3.05) is 14.1 Å². The van der Waals surface area contributed by atoms with Crippen LogP contribution in [0.15, 0.2) is 23.1 Å². The third-order valence-electron chi connectivity index (χ3n) is 2.43. The van der Waals surface area contributed by atoms with E-state index in [-0.39, 0.29) is 0 Å². The largest absolute Gasteiger partial charge is 0.233 e. The zero-order chi connectivity index (χ0) is 11.4. The van der Waals surface area contributed by atoms with Crippen LogP contribution in [0.2, 0.25) is 0 Å². The number of hydrogen-bond acceptors (Lipinski definition) is 1. The Morgan fingerprint density at radius 2 is 1.73 bits per heavy atom. The third-order valence-corrected chi connectivity index (χ3v) is 4.17. The van der Waals surface area contributed by atoms with Gasteiger partial charge in [0.05, 0.1) is 0 Å². The second kappa shape index (κ2) is 5.36. The van der Waals surface area contributed by atoms with Gasteiger partial charge in [-0.3, -0.25) is 0 Å². The van der Waals surface area contributed by atoms with E-state index in [1.165, 1.54) is 21.1 Å². The first-order valence-corrected chi connectivity index (χ1v) is 6.15. The van der Waals surface area contributed by atoms with E-state index in [0.29, 0.717) is 0 Å². The zero-order valence-corrected chi connectivity index (χ0v) is 11.1. The number of rotatable bonds is 2. The Labute approximate surface area is 97.2 Å². The predicted molar refractivity (Wildman–Crippen MR) is 69.2 cm³/mol. The van der Waals surface area contributed by atoms with E-state index in [1.54, 1.807) is 0 Å². The smallest absolute Gasteiger partial charge is 0.214 e. The summed E-state index contributed by atoms with van der Waals surface area (Å²) in [5.74, 6) is 0. The monoisotopic (exact) mass is 222 g/mol. The fourth-order valence-electron chi connectivity index (χ4n) is 1.56. The Bertz CT molecular complexity index is 356. The first kappa shape index (κ1) is 12.3. The van der Waals surface area contributed by atoms with Crippen LogP contribution in [0, 0.1) is 13.8 Å². The van der Waals surface area contributed by atoms with E-state index < -0.39 is 0 Å². The Morgan fingerprint density at radius 1 is 1.20 bits per heavy atom. The molecule has 0 aliphatic rings. The molecule has 1 nitrogen and oxygen atoms in total. The Kier molecular flexibility index (Phi) is 4.40. The van der Waals surface area contributed by atoms with E-state index in [9.17, 15) is 0 Å². The molecule has 82 valence electrons. The van der Waals surface area contributed by atoms with E-state index in [1.807, 2.05) is 11.8 Å². The maximum absolute atomic E-state index is 2.20. The average Bonchev–Trinajstić information content (AvgIpc) is 2.17. The minimum absolute atomic E-state index is 1.09. The van der Waals surface area contributed by atoms with Crippen molar-refractivity contribution in [1.29, 1.82) is 0 Å². The maximum Gasteiger partial charge on any atom is 0.214 e. The molecular weight excluding hydrogens is 202 g/mol. The van der Waals surface area contributed by atoms with Crippen molar-refractivity contribution in [2.24, 2.45) is 0 Å². The summed E-state index contributed by atoms with van der Waals surface area (Å²) in [6, 6.07) is 6.48. The standard InChI is InChI=1S/C13H20NS/c1-6-12(14(4)5)15-13-10(2)8-7-9-11(13)3/h7-9H,6H2,1-5H3/q+1. The Balaban J connectivity index is 3.04. The highest BCUT2D eigenvalue weighted by atomic mass is 32.2. The van der Waals surface area contributed by atoms with Crippen LogP contribution in [-0.4, -0.2) is 23.7 Å². The summed E-state index contributed by atoms with van der Waals surface area (Å²) in [7, 11) is 4.22. The molecule has 2 heteroatoms. The summed E-state index contributed by atoms with van der Waals surface area (Å²) in [5, 5.41) is 1.41.